The zero-order chi connectivity index (χ0) is 47.2. The van der Waals surface area contributed by atoms with Gasteiger partial charge in [-0.25, -0.2) is 0 Å². The number of unbranched alkanes of at least 4 members (excludes halogenated alkanes) is 23. The monoisotopic (exact) mass is 905 g/mol. The molecule has 0 N–H and O–H groups in total. The van der Waals surface area contributed by atoms with E-state index in [2.05, 4.69) is 99.8 Å². The third kappa shape index (κ3) is 51.4. The van der Waals surface area contributed by atoms with E-state index in [-0.39, 0.29) is 37.5 Å². The molecule has 0 aliphatic heterocycles. The van der Waals surface area contributed by atoms with E-state index in [1.165, 1.54) is 116 Å². The fourth-order valence-corrected chi connectivity index (χ4v) is 7.30. The Hall–Kier alpha value is -3.41. The van der Waals surface area contributed by atoms with Gasteiger partial charge < -0.3 is 14.2 Å². The topological polar surface area (TPSA) is 78.9 Å². The van der Waals surface area contributed by atoms with E-state index < -0.39 is 6.10 Å². The van der Waals surface area contributed by atoms with Crippen LogP contribution in [0.3, 0.4) is 0 Å². The molecule has 0 aromatic rings. The molecule has 0 saturated heterocycles. The highest BCUT2D eigenvalue weighted by molar-refractivity contribution is 5.71. The van der Waals surface area contributed by atoms with E-state index in [1.807, 2.05) is 6.08 Å². The molecule has 1 atom stereocenters. The number of hydrogen-bond donors (Lipinski definition) is 0. The van der Waals surface area contributed by atoms with Crippen molar-refractivity contribution in [1.82, 2.24) is 0 Å². The Balaban J connectivity index is 4.45. The Morgan fingerprint density at radius 3 is 1.06 bits per heavy atom. The van der Waals surface area contributed by atoms with Crippen molar-refractivity contribution < 1.29 is 28.6 Å². The minimum absolute atomic E-state index is 0.103. The normalized spacial score (nSPS) is 12.7. The zero-order valence-corrected chi connectivity index (χ0v) is 42.5. The van der Waals surface area contributed by atoms with Crippen molar-refractivity contribution in [2.24, 2.45) is 0 Å². The molecular weight excluding hydrogens is 805 g/mol. The largest absolute Gasteiger partial charge is 0.462 e. The Labute approximate surface area is 401 Å². The van der Waals surface area contributed by atoms with Gasteiger partial charge in [-0.2, -0.15) is 0 Å². The smallest absolute Gasteiger partial charge is 0.306 e. The molecule has 0 heterocycles. The van der Waals surface area contributed by atoms with Crippen LogP contribution in [-0.2, 0) is 28.6 Å². The molecule has 6 nitrogen and oxygen atoms in total. The van der Waals surface area contributed by atoms with Gasteiger partial charge in [0.1, 0.15) is 13.2 Å². The van der Waals surface area contributed by atoms with E-state index in [1.54, 1.807) is 0 Å². The Kier molecular flexibility index (Phi) is 50.4. The van der Waals surface area contributed by atoms with Crippen LogP contribution >= 0.6 is 0 Å². The van der Waals surface area contributed by atoms with Crippen LogP contribution in [0.5, 0.6) is 0 Å². The van der Waals surface area contributed by atoms with E-state index in [4.69, 9.17) is 14.2 Å². The second-order valence-electron chi connectivity index (χ2n) is 17.7. The SMILES string of the molecule is CC/C=C\C/C=C\C/C=C\C/C=C\CCCCCCCCC(=O)OCC(COC(=O)CC/C=C\C/C=C\CCCCCCCC)OC(=O)CCCCCCCCC/C=C\CCCCCC. The summed E-state index contributed by atoms with van der Waals surface area (Å²) >= 11 is 0. The number of hydrogen-bond acceptors (Lipinski definition) is 6. The summed E-state index contributed by atoms with van der Waals surface area (Å²) in [5.74, 6) is -0.989. The lowest BCUT2D eigenvalue weighted by atomic mass is 10.1. The molecular formula is C59H100O6. The number of allylic oxidation sites excluding steroid dienone is 14. The summed E-state index contributed by atoms with van der Waals surface area (Å²) in [6.45, 7) is 6.44. The Morgan fingerprint density at radius 2 is 0.631 bits per heavy atom. The number of rotatable bonds is 48. The molecule has 0 saturated carbocycles. The number of carbonyl (C=O) groups excluding carboxylic acids is 3. The van der Waals surface area contributed by atoms with Crippen molar-refractivity contribution >= 4 is 17.9 Å². The second kappa shape index (κ2) is 53.2. The van der Waals surface area contributed by atoms with Gasteiger partial charge in [-0.05, 0) is 103 Å². The maximum absolute atomic E-state index is 12.8. The molecule has 0 rings (SSSR count). The second-order valence-corrected chi connectivity index (χ2v) is 17.7. The van der Waals surface area contributed by atoms with Gasteiger partial charge >= 0.3 is 17.9 Å². The Bertz CT molecular complexity index is 1270. The maximum Gasteiger partial charge on any atom is 0.306 e. The van der Waals surface area contributed by atoms with Gasteiger partial charge in [0.05, 0.1) is 0 Å². The summed E-state index contributed by atoms with van der Waals surface area (Å²) in [5, 5.41) is 0. The van der Waals surface area contributed by atoms with Crippen molar-refractivity contribution in [1.29, 1.82) is 0 Å². The van der Waals surface area contributed by atoms with Gasteiger partial charge in [0.25, 0.3) is 0 Å². The van der Waals surface area contributed by atoms with Crippen LogP contribution in [0.15, 0.2) is 85.1 Å². The zero-order valence-electron chi connectivity index (χ0n) is 42.5. The highest BCUT2D eigenvalue weighted by Gasteiger charge is 2.19. The van der Waals surface area contributed by atoms with Crippen LogP contribution < -0.4 is 0 Å². The molecule has 0 aliphatic carbocycles. The molecule has 1 unspecified atom stereocenters. The fraction of sp³-hybridized carbons (Fsp3) is 0.712. The standard InChI is InChI=1S/C59H100O6/c1-4-7-10-13-16-19-22-25-27-28-29-30-32-34-37-40-43-46-49-52-58(61)64-55-56(54-63-57(60)51-48-45-42-39-36-33-24-21-18-15-12-9-6-3)65-59(62)53-50-47-44-41-38-35-31-26-23-20-17-14-11-8-5-2/h7,10,16,19-20,23,25,27,29-30,33,36,42,45,56H,4-6,8-9,11-15,17-18,21-22,24,26,28,31-32,34-35,37-41,43-44,46-55H2,1-3H3/b10-7-,19-16-,23-20-,27-25-,30-29-,36-33-,45-42-. The average molecular weight is 905 g/mol. The van der Waals surface area contributed by atoms with Crippen LogP contribution in [0.4, 0.5) is 0 Å². The van der Waals surface area contributed by atoms with Crippen LogP contribution in [-0.4, -0.2) is 37.2 Å². The highest BCUT2D eigenvalue weighted by Crippen LogP contribution is 2.14. The first kappa shape index (κ1) is 61.6. The van der Waals surface area contributed by atoms with Gasteiger partial charge in [0, 0.05) is 19.3 Å². The minimum atomic E-state index is -0.807. The van der Waals surface area contributed by atoms with Crippen molar-refractivity contribution in [2.45, 2.75) is 258 Å². The van der Waals surface area contributed by atoms with E-state index >= 15 is 0 Å². The quantitative estimate of drug-likeness (QED) is 0.0262. The molecule has 0 aromatic heterocycles. The molecule has 0 bridgehead atoms. The molecule has 0 aliphatic rings. The van der Waals surface area contributed by atoms with Crippen molar-refractivity contribution in [3.05, 3.63) is 85.1 Å². The molecule has 65 heavy (non-hydrogen) atoms. The maximum atomic E-state index is 12.8. The minimum Gasteiger partial charge on any atom is -0.462 e. The average Bonchev–Trinajstić information content (AvgIpc) is 3.30. The third-order valence-corrected chi connectivity index (χ3v) is 11.4. The molecule has 0 radical (unpaired) electrons. The fourth-order valence-electron chi connectivity index (χ4n) is 7.30. The summed E-state index contributed by atoms with van der Waals surface area (Å²) < 4.78 is 16.8. The third-order valence-electron chi connectivity index (χ3n) is 11.4. The molecule has 6 heteroatoms. The summed E-state index contributed by atoms with van der Waals surface area (Å²) in [5.41, 5.74) is 0. The van der Waals surface area contributed by atoms with Gasteiger partial charge in [-0.3, -0.25) is 14.4 Å². The highest BCUT2D eigenvalue weighted by atomic mass is 16.6. The molecule has 0 aromatic carbocycles. The summed E-state index contributed by atoms with van der Waals surface area (Å²) in [6.07, 6.45) is 68.6. The Morgan fingerprint density at radius 1 is 0.323 bits per heavy atom. The predicted octanol–water partition coefficient (Wildman–Crippen LogP) is 18.0. The number of carbonyl (C=O) groups is 3. The van der Waals surface area contributed by atoms with E-state index in [9.17, 15) is 14.4 Å². The van der Waals surface area contributed by atoms with E-state index in [0.29, 0.717) is 19.3 Å². The first-order valence-corrected chi connectivity index (χ1v) is 27.1. The van der Waals surface area contributed by atoms with Crippen LogP contribution in [0.25, 0.3) is 0 Å². The lowest BCUT2D eigenvalue weighted by Gasteiger charge is -2.18. The molecule has 0 spiro atoms. The van der Waals surface area contributed by atoms with Crippen LogP contribution in [0.2, 0.25) is 0 Å². The lowest BCUT2D eigenvalue weighted by Crippen LogP contribution is -2.30. The van der Waals surface area contributed by atoms with Crippen molar-refractivity contribution in [3.63, 3.8) is 0 Å². The van der Waals surface area contributed by atoms with Gasteiger partial charge in [-0.15, -0.1) is 0 Å². The van der Waals surface area contributed by atoms with Crippen molar-refractivity contribution in [3.8, 4) is 0 Å². The lowest BCUT2D eigenvalue weighted by molar-refractivity contribution is -0.166. The number of ether oxygens (including phenoxy) is 3. The van der Waals surface area contributed by atoms with Gasteiger partial charge in [0.15, 0.2) is 6.10 Å². The summed E-state index contributed by atoms with van der Waals surface area (Å²) in [4.78, 5) is 38.0. The van der Waals surface area contributed by atoms with Gasteiger partial charge in [0.2, 0.25) is 0 Å². The first-order valence-electron chi connectivity index (χ1n) is 27.1. The van der Waals surface area contributed by atoms with Crippen LogP contribution in [0.1, 0.15) is 252 Å². The van der Waals surface area contributed by atoms with Crippen LogP contribution in [0, 0.1) is 0 Å². The predicted molar refractivity (Wildman–Crippen MR) is 279 cm³/mol. The number of esters is 3. The van der Waals surface area contributed by atoms with Crippen molar-refractivity contribution in [2.75, 3.05) is 13.2 Å². The molecule has 0 fully saturated rings. The summed E-state index contributed by atoms with van der Waals surface area (Å²) in [7, 11) is 0. The summed E-state index contributed by atoms with van der Waals surface area (Å²) in [6, 6.07) is 0. The van der Waals surface area contributed by atoms with Gasteiger partial charge in [-0.1, -0.05) is 215 Å². The molecule has 372 valence electrons. The molecule has 0 amide bonds. The van der Waals surface area contributed by atoms with E-state index in [0.717, 1.165) is 89.9 Å². The first-order chi connectivity index (χ1) is 32.0.